The lowest BCUT2D eigenvalue weighted by Gasteiger charge is -2.04. The highest BCUT2D eigenvalue weighted by molar-refractivity contribution is 9.10. The van der Waals surface area contributed by atoms with Crippen molar-refractivity contribution in [3.63, 3.8) is 0 Å². The molecule has 3 nitrogen and oxygen atoms in total. The second-order valence-corrected chi connectivity index (χ2v) is 6.07. The fourth-order valence-corrected chi connectivity index (χ4v) is 2.64. The topological polar surface area (TPSA) is 43.8 Å². The predicted octanol–water partition coefficient (Wildman–Crippen LogP) is 4.50. The number of aryl methyl sites for hydroxylation is 2. The Hall–Kier alpha value is -2.07. The van der Waals surface area contributed by atoms with Gasteiger partial charge in [-0.15, -0.1) is 0 Å². The molecule has 2 N–H and O–H groups in total. The third-order valence-corrected chi connectivity index (χ3v) is 4.09. The number of hydrogen-bond donors (Lipinski definition) is 1. The molecule has 0 aliphatic carbocycles. The molecule has 106 valence electrons. The Kier molecular flexibility index (Phi) is 3.55. The Labute approximate surface area is 132 Å². The number of benzene rings is 2. The summed E-state index contributed by atoms with van der Waals surface area (Å²) in [5.74, 6) is 0. The molecule has 0 fully saturated rings. The second kappa shape index (κ2) is 5.37. The summed E-state index contributed by atoms with van der Waals surface area (Å²) in [5.41, 5.74) is 12.2. The van der Waals surface area contributed by atoms with Gasteiger partial charge in [-0.1, -0.05) is 34.1 Å². The molecule has 3 aromatic rings. The summed E-state index contributed by atoms with van der Waals surface area (Å²) >= 11 is 3.47. The molecule has 0 spiro atoms. The Morgan fingerprint density at radius 1 is 1.05 bits per heavy atom. The summed E-state index contributed by atoms with van der Waals surface area (Å²) in [5, 5.41) is 4.63. The van der Waals surface area contributed by atoms with Gasteiger partial charge in [-0.05, 0) is 49.2 Å². The third kappa shape index (κ3) is 2.72. The van der Waals surface area contributed by atoms with E-state index < -0.39 is 0 Å². The number of nitrogens with two attached hydrogens (primary N) is 1. The third-order valence-electron chi connectivity index (χ3n) is 3.60. The van der Waals surface area contributed by atoms with Gasteiger partial charge in [0.05, 0.1) is 17.6 Å². The van der Waals surface area contributed by atoms with Gasteiger partial charge in [-0.2, -0.15) is 5.10 Å². The van der Waals surface area contributed by atoms with Gasteiger partial charge in [0.2, 0.25) is 0 Å². The van der Waals surface area contributed by atoms with Gasteiger partial charge in [-0.25, -0.2) is 4.68 Å². The van der Waals surface area contributed by atoms with Crippen LogP contribution in [0.3, 0.4) is 0 Å². The van der Waals surface area contributed by atoms with Crippen LogP contribution in [0.2, 0.25) is 0 Å². The molecule has 1 heterocycles. The standard InChI is InChI=1S/C17H16BrN3/c1-11-6-7-13(8-12(11)2)17-16(19)10-21(20-17)15-5-3-4-14(18)9-15/h3-10H,19H2,1-2H3. The number of nitrogens with zero attached hydrogens (tertiary/aromatic N) is 2. The van der Waals surface area contributed by atoms with E-state index in [1.165, 1.54) is 11.1 Å². The summed E-state index contributed by atoms with van der Waals surface area (Å²) in [6.45, 7) is 4.20. The Morgan fingerprint density at radius 3 is 2.57 bits per heavy atom. The van der Waals surface area contributed by atoms with Crippen molar-refractivity contribution in [1.29, 1.82) is 0 Å². The molecule has 0 atom stereocenters. The molecule has 0 aliphatic rings. The Bertz CT molecular complexity index is 806. The van der Waals surface area contributed by atoms with Crippen LogP contribution in [0.1, 0.15) is 11.1 Å². The lowest BCUT2D eigenvalue weighted by Crippen LogP contribution is -1.94. The van der Waals surface area contributed by atoms with Crippen LogP contribution in [-0.4, -0.2) is 9.78 Å². The van der Waals surface area contributed by atoms with Crippen molar-refractivity contribution in [1.82, 2.24) is 9.78 Å². The normalized spacial score (nSPS) is 10.8. The minimum absolute atomic E-state index is 0.679. The minimum atomic E-state index is 0.679. The number of halogens is 1. The summed E-state index contributed by atoms with van der Waals surface area (Å²) < 4.78 is 2.83. The van der Waals surface area contributed by atoms with Gasteiger partial charge in [0, 0.05) is 10.0 Å². The van der Waals surface area contributed by atoms with Gasteiger partial charge in [-0.3, -0.25) is 0 Å². The van der Waals surface area contributed by atoms with Crippen LogP contribution in [-0.2, 0) is 0 Å². The van der Waals surface area contributed by atoms with E-state index in [0.717, 1.165) is 21.4 Å². The van der Waals surface area contributed by atoms with E-state index in [0.29, 0.717) is 5.69 Å². The van der Waals surface area contributed by atoms with Crippen LogP contribution in [0.25, 0.3) is 16.9 Å². The minimum Gasteiger partial charge on any atom is -0.396 e. The fourth-order valence-electron chi connectivity index (χ4n) is 2.25. The van der Waals surface area contributed by atoms with Crippen molar-refractivity contribution >= 4 is 21.6 Å². The van der Waals surface area contributed by atoms with Crippen molar-refractivity contribution in [2.24, 2.45) is 0 Å². The van der Waals surface area contributed by atoms with Gasteiger partial charge < -0.3 is 5.73 Å². The van der Waals surface area contributed by atoms with E-state index in [-0.39, 0.29) is 0 Å². The maximum absolute atomic E-state index is 6.14. The molecular formula is C17H16BrN3. The molecule has 2 aromatic carbocycles. The zero-order valence-electron chi connectivity index (χ0n) is 12.0. The number of aromatic nitrogens is 2. The molecule has 0 unspecified atom stereocenters. The first kappa shape index (κ1) is 13.9. The SMILES string of the molecule is Cc1ccc(-c2nn(-c3cccc(Br)c3)cc2N)cc1C. The second-order valence-electron chi connectivity index (χ2n) is 5.16. The molecule has 1 aromatic heterocycles. The maximum Gasteiger partial charge on any atom is 0.116 e. The molecule has 0 aliphatic heterocycles. The van der Waals surface area contributed by atoms with Crippen molar-refractivity contribution in [3.05, 3.63) is 64.3 Å². The van der Waals surface area contributed by atoms with Crippen molar-refractivity contribution in [2.75, 3.05) is 5.73 Å². The summed E-state index contributed by atoms with van der Waals surface area (Å²) in [6.07, 6.45) is 1.85. The van der Waals surface area contributed by atoms with Crippen LogP contribution >= 0.6 is 15.9 Å². The van der Waals surface area contributed by atoms with Gasteiger partial charge >= 0.3 is 0 Å². The van der Waals surface area contributed by atoms with E-state index in [4.69, 9.17) is 5.73 Å². The predicted molar refractivity (Wildman–Crippen MR) is 90.6 cm³/mol. The first-order valence-corrected chi connectivity index (χ1v) is 7.52. The average molecular weight is 342 g/mol. The quantitative estimate of drug-likeness (QED) is 0.745. The highest BCUT2D eigenvalue weighted by Gasteiger charge is 2.10. The van der Waals surface area contributed by atoms with E-state index in [1.54, 1.807) is 0 Å². The van der Waals surface area contributed by atoms with Gasteiger partial charge in [0.15, 0.2) is 0 Å². The van der Waals surface area contributed by atoms with Crippen LogP contribution in [0.15, 0.2) is 53.1 Å². The van der Waals surface area contributed by atoms with E-state index >= 15 is 0 Å². The first-order valence-electron chi connectivity index (χ1n) is 6.73. The fraction of sp³-hybridized carbons (Fsp3) is 0.118. The van der Waals surface area contributed by atoms with Crippen LogP contribution in [0, 0.1) is 13.8 Å². The molecule has 0 bridgehead atoms. The largest absolute Gasteiger partial charge is 0.396 e. The van der Waals surface area contributed by atoms with Gasteiger partial charge in [0.1, 0.15) is 5.69 Å². The van der Waals surface area contributed by atoms with E-state index in [1.807, 2.05) is 35.1 Å². The summed E-state index contributed by atoms with van der Waals surface area (Å²) in [6, 6.07) is 14.3. The number of hydrogen-bond acceptors (Lipinski definition) is 2. The molecule has 3 rings (SSSR count). The van der Waals surface area contributed by atoms with Crippen molar-refractivity contribution < 1.29 is 0 Å². The smallest absolute Gasteiger partial charge is 0.116 e. The molecule has 0 saturated heterocycles. The number of anilines is 1. The Morgan fingerprint density at radius 2 is 1.86 bits per heavy atom. The molecular weight excluding hydrogens is 326 g/mol. The van der Waals surface area contributed by atoms with Gasteiger partial charge in [0.25, 0.3) is 0 Å². The lowest BCUT2D eigenvalue weighted by molar-refractivity contribution is 0.883. The lowest BCUT2D eigenvalue weighted by atomic mass is 10.0. The highest BCUT2D eigenvalue weighted by Crippen LogP contribution is 2.27. The van der Waals surface area contributed by atoms with E-state index in [2.05, 4.69) is 53.1 Å². The number of nitrogen functional groups attached to an aromatic ring is 1. The van der Waals surface area contributed by atoms with Crippen LogP contribution in [0.5, 0.6) is 0 Å². The molecule has 0 saturated carbocycles. The zero-order valence-corrected chi connectivity index (χ0v) is 13.6. The van der Waals surface area contributed by atoms with Crippen molar-refractivity contribution in [2.45, 2.75) is 13.8 Å². The monoisotopic (exact) mass is 341 g/mol. The molecule has 0 radical (unpaired) electrons. The molecule has 4 heteroatoms. The highest BCUT2D eigenvalue weighted by atomic mass is 79.9. The summed E-state index contributed by atoms with van der Waals surface area (Å²) in [4.78, 5) is 0. The zero-order chi connectivity index (χ0) is 15.0. The van der Waals surface area contributed by atoms with Crippen LogP contribution in [0.4, 0.5) is 5.69 Å². The number of rotatable bonds is 2. The van der Waals surface area contributed by atoms with Crippen molar-refractivity contribution in [3.8, 4) is 16.9 Å². The summed E-state index contributed by atoms with van der Waals surface area (Å²) in [7, 11) is 0. The van der Waals surface area contributed by atoms with Crippen LogP contribution < -0.4 is 5.73 Å². The average Bonchev–Trinajstić information content (AvgIpc) is 2.84. The molecule has 21 heavy (non-hydrogen) atoms. The first-order chi connectivity index (χ1) is 10.0. The Balaban J connectivity index is 2.07. The molecule has 0 amide bonds. The van der Waals surface area contributed by atoms with E-state index in [9.17, 15) is 0 Å². The maximum atomic E-state index is 6.14.